The van der Waals surface area contributed by atoms with Crippen molar-refractivity contribution in [3.05, 3.63) is 68.9 Å². The Morgan fingerprint density at radius 1 is 1.17 bits per heavy atom. The average molecular weight is 401 g/mol. The first-order chi connectivity index (χ1) is 11.0. The summed E-state index contributed by atoms with van der Waals surface area (Å²) >= 11 is 9.11. The van der Waals surface area contributed by atoms with Crippen molar-refractivity contribution >= 4 is 39.4 Å². The molecule has 1 amide bonds. The molecule has 0 unspecified atom stereocenters. The van der Waals surface area contributed by atoms with Crippen LogP contribution in [0.3, 0.4) is 0 Å². The Morgan fingerprint density at radius 2 is 1.87 bits per heavy atom. The van der Waals surface area contributed by atoms with Gasteiger partial charge in [-0.15, -0.1) is 0 Å². The number of halogens is 3. The lowest BCUT2D eigenvalue weighted by molar-refractivity contribution is -0.124. The molecule has 0 aliphatic heterocycles. The average Bonchev–Trinajstić information content (AvgIpc) is 2.52. The van der Waals surface area contributed by atoms with Crippen molar-refractivity contribution in [1.29, 1.82) is 0 Å². The monoisotopic (exact) mass is 399 g/mol. The maximum absolute atomic E-state index is 12.9. The Bertz CT molecular complexity index is 722. The molecule has 2 aromatic carbocycles. The van der Waals surface area contributed by atoms with Crippen LogP contribution in [0.5, 0.6) is 0 Å². The lowest BCUT2D eigenvalue weighted by Gasteiger charge is -2.08. The molecule has 0 saturated heterocycles. The van der Waals surface area contributed by atoms with Crippen molar-refractivity contribution in [2.24, 2.45) is 0 Å². The highest BCUT2D eigenvalue weighted by molar-refractivity contribution is 9.10. The third kappa shape index (κ3) is 5.33. The van der Waals surface area contributed by atoms with E-state index in [2.05, 4.69) is 21.2 Å². The van der Waals surface area contributed by atoms with Crippen molar-refractivity contribution in [3.63, 3.8) is 0 Å². The van der Waals surface area contributed by atoms with E-state index in [4.69, 9.17) is 16.3 Å². The fourth-order valence-electron chi connectivity index (χ4n) is 1.71. The van der Waals surface area contributed by atoms with Gasteiger partial charge < -0.3 is 10.1 Å². The molecular formula is C16H12BrClFNO3. The molecule has 0 aliphatic rings. The van der Waals surface area contributed by atoms with Gasteiger partial charge >= 0.3 is 5.97 Å². The summed E-state index contributed by atoms with van der Waals surface area (Å²) in [4.78, 5) is 23.4. The number of carbonyl (C=O) groups is 2. The normalized spacial score (nSPS) is 10.2. The van der Waals surface area contributed by atoms with E-state index in [0.717, 1.165) is 10.5 Å². The first kappa shape index (κ1) is 17.4. The minimum absolute atomic E-state index is 0.119. The number of ether oxygens (including phenoxy) is 1. The molecule has 0 radical (unpaired) electrons. The molecule has 0 aromatic heterocycles. The zero-order chi connectivity index (χ0) is 16.8. The molecule has 0 saturated carbocycles. The summed E-state index contributed by atoms with van der Waals surface area (Å²) in [6.45, 7) is -0.290. The highest BCUT2D eigenvalue weighted by Crippen LogP contribution is 2.16. The van der Waals surface area contributed by atoms with E-state index in [9.17, 15) is 14.0 Å². The number of hydrogen-bond acceptors (Lipinski definition) is 3. The summed E-state index contributed by atoms with van der Waals surface area (Å²) in [5, 5.41) is 2.76. The summed E-state index contributed by atoms with van der Waals surface area (Å²) in [6.07, 6.45) is 0. The van der Waals surface area contributed by atoms with Gasteiger partial charge in [0.2, 0.25) is 0 Å². The van der Waals surface area contributed by atoms with Gasteiger partial charge in [0.25, 0.3) is 5.91 Å². The summed E-state index contributed by atoms with van der Waals surface area (Å²) in [7, 11) is 0. The van der Waals surface area contributed by atoms with E-state index in [-0.39, 0.29) is 11.6 Å². The van der Waals surface area contributed by atoms with Gasteiger partial charge in [0.1, 0.15) is 5.82 Å². The van der Waals surface area contributed by atoms with Crippen LogP contribution in [-0.4, -0.2) is 18.5 Å². The first-order valence-electron chi connectivity index (χ1n) is 6.59. The van der Waals surface area contributed by atoms with Crippen LogP contribution in [0, 0.1) is 5.82 Å². The fourth-order valence-corrected chi connectivity index (χ4v) is 2.21. The molecule has 0 atom stereocenters. The van der Waals surface area contributed by atoms with Crippen molar-refractivity contribution in [2.45, 2.75) is 6.54 Å². The van der Waals surface area contributed by atoms with E-state index in [1.54, 1.807) is 24.3 Å². The van der Waals surface area contributed by atoms with Gasteiger partial charge in [-0.1, -0.05) is 33.6 Å². The summed E-state index contributed by atoms with van der Waals surface area (Å²) < 4.78 is 18.7. The lowest BCUT2D eigenvalue weighted by Crippen LogP contribution is -2.28. The van der Waals surface area contributed by atoms with Crippen LogP contribution in [0.25, 0.3) is 0 Å². The number of esters is 1. The molecule has 23 heavy (non-hydrogen) atoms. The second-order valence-corrected chi connectivity index (χ2v) is 5.92. The van der Waals surface area contributed by atoms with Crippen LogP contribution in [0.1, 0.15) is 15.9 Å². The summed E-state index contributed by atoms with van der Waals surface area (Å²) in [5.74, 6) is -1.52. The molecule has 0 spiro atoms. The van der Waals surface area contributed by atoms with E-state index in [1.165, 1.54) is 12.1 Å². The smallest absolute Gasteiger partial charge is 0.338 e. The standard InChI is InChI=1S/C16H12BrClFNO3/c17-12-4-1-10(2-5-12)16(22)23-9-15(21)20-8-11-3-6-13(19)7-14(11)18/h1-7H,8-9H2,(H,20,21). The van der Waals surface area contributed by atoms with Crippen molar-refractivity contribution in [2.75, 3.05) is 6.61 Å². The summed E-state index contributed by atoms with van der Waals surface area (Å²) in [6, 6.07) is 10.5. The third-order valence-electron chi connectivity index (χ3n) is 2.91. The number of hydrogen-bond donors (Lipinski definition) is 1. The van der Waals surface area contributed by atoms with Gasteiger partial charge in [0.15, 0.2) is 6.61 Å². The van der Waals surface area contributed by atoms with Crippen LogP contribution in [0.4, 0.5) is 4.39 Å². The Morgan fingerprint density at radius 3 is 2.52 bits per heavy atom. The van der Waals surface area contributed by atoms with Gasteiger partial charge in [0.05, 0.1) is 5.56 Å². The van der Waals surface area contributed by atoms with Gasteiger partial charge in [0, 0.05) is 16.0 Å². The van der Waals surface area contributed by atoms with Gasteiger partial charge in [-0.25, -0.2) is 9.18 Å². The molecule has 120 valence electrons. The predicted molar refractivity (Wildman–Crippen MR) is 87.7 cm³/mol. The minimum Gasteiger partial charge on any atom is -0.452 e. The van der Waals surface area contributed by atoms with Crippen LogP contribution < -0.4 is 5.32 Å². The molecule has 4 nitrogen and oxygen atoms in total. The molecule has 2 rings (SSSR count). The Balaban J connectivity index is 1.81. The molecule has 0 heterocycles. The van der Waals surface area contributed by atoms with Crippen LogP contribution >= 0.6 is 27.5 Å². The quantitative estimate of drug-likeness (QED) is 0.779. The van der Waals surface area contributed by atoms with E-state index in [0.29, 0.717) is 11.1 Å². The number of nitrogens with one attached hydrogen (secondary N) is 1. The number of benzene rings is 2. The maximum atomic E-state index is 12.9. The lowest BCUT2D eigenvalue weighted by atomic mass is 10.2. The Kier molecular flexibility index (Phi) is 6.12. The minimum atomic E-state index is -0.590. The van der Waals surface area contributed by atoms with E-state index >= 15 is 0 Å². The molecule has 0 aliphatic carbocycles. The van der Waals surface area contributed by atoms with Crippen LogP contribution in [-0.2, 0) is 16.1 Å². The Hall–Kier alpha value is -1.92. The second kappa shape index (κ2) is 8.08. The van der Waals surface area contributed by atoms with Crippen molar-refractivity contribution in [3.8, 4) is 0 Å². The first-order valence-corrected chi connectivity index (χ1v) is 7.76. The zero-order valence-electron chi connectivity index (χ0n) is 11.8. The topological polar surface area (TPSA) is 55.4 Å². The largest absolute Gasteiger partial charge is 0.452 e. The second-order valence-electron chi connectivity index (χ2n) is 4.60. The van der Waals surface area contributed by atoms with Crippen LogP contribution in [0.2, 0.25) is 5.02 Å². The number of amides is 1. The molecule has 0 bridgehead atoms. The van der Waals surface area contributed by atoms with E-state index in [1.807, 2.05) is 0 Å². The van der Waals surface area contributed by atoms with Gasteiger partial charge in [-0.3, -0.25) is 4.79 Å². The third-order valence-corrected chi connectivity index (χ3v) is 3.79. The predicted octanol–water partition coefficient (Wildman–Crippen LogP) is 3.71. The molecular weight excluding hydrogens is 389 g/mol. The van der Waals surface area contributed by atoms with E-state index < -0.39 is 24.3 Å². The Labute approximate surface area is 145 Å². The molecule has 7 heteroatoms. The molecule has 1 N–H and O–H groups in total. The SMILES string of the molecule is O=C(COC(=O)c1ccc(Br)cc1)NCc1ccc(F)cc1Cl. The number of rotatable bonds is 5. The molecule has 0 fully saturated rings. The summed E-state index contributed by atoms with van der Waals surface area (Å²) in [5.41, 5.74) is 0.920. The molecule has 2 aromatic rings. The zero-order valence-corrected chi connectivity index (χ0v) is 14.2. The van der Waals surface area contributed by atoms with Crippen molar-refractivity contribution < 1.29 is 18.7 Å². The highest BCUT2D eigenvalue weighted by Gasteiger charge is 2.10. The highest BCUT2D eigenvalue weighted by atomic mass is 79.9. The van der Waals surface area contributed by atoms with Gasteiger partial charge in [-0.2, -0.15) is 0 Å². The maximum Gasteiger partial charge on any atom is 0.338 e. The fraction of sp³-hybridized carbons (Fsp3) is 0.125. The van der Waals surface area contributed by atoms with Gasteiger partial charge in [-0.05, 0) is 42.0 Å². The number of carbonyl (C=O) groups excluding carboxylic acids is 2. The van der Waals surface area contributed by atoms with Crippen LogP contribution in [0.15, 0.2) is 46.9 Å². The van der Waals surface area contributed by atoms with Crippen molar-refractivity contribution in [1.82, 2.24) is 5.32 Å².